The van der Waals surface area contributed by atoms with Crippen molar-refractivity contribution in [2.75, 3.05) is 11.4 Å². The number of aliphatic imine (C=N–C) groups is 1. The maximum Gasteiger partial charge on any atom is 0.249 e. The zero-order valence-electron chi connectivity index (χ0n) is 12.1. The summed E-state index contributed by atoms with van der Waals surface area (Å²) in [7, 11) is 0. The number of carbonyl (C=O) groups is 2. The Balaban J connectivity index is 2.14. The lowest BCUT2D eigenvalue weighted by Crippen LogP contribution is -2.40. The van der Waals surface area contributed by atoms with Crippen molar-refractivity contribution in [1.29, 1.82) is 0 Å². The first kappa shape index (κ1) is 14.8. The lowest BCUT2D eigenvalue weighted by molar-refractivity contribution is -0.125. The third-order valence-corrected chi connectivity index (χ3v) is 3.41. The van der Waals surface area contributed by atoms with E-state index in [9.17, 15) is 9.59 Å². The van der Waals surface area contributed by atoms with Crippen molar-refractivity contribution in [2.45, 2.75) is 26.3 Å². The van der Waals surface area contributed by atoms with Gasteiger partial charge in [-0.15, -0.1) is 0 Å². The number of carbonyl (C=O) groups excluding carboxylic acids is 2. The van der Waals surface area contributed by atoms with E-state index in [2.05, 4.69) is 16.4 Å². The van der Waals surface area contributed by atoms with Crippen molar-refractivity contribution < 1.29 is 9.59 Å². The number of hydrogen-bond acceptors (Lipinski definition) is 3. The molecule has 1 atom stereocenters. The largest absolute Gasteiger partial charge is 0.344 e. The van der Waals surface area contributed by atoms with E-state index in [1.807, 2.05) is 31.2 Å². The van der Waals surface area contributed by atoms with Crippen LogP contribution in [0.3, 0.4) is 0 Å². The molecule has 1 unspecified atom stereocenters. The van der Waals surface area contributed by atoms with E-state index in [1.165, 1.54) is 6.92 Å². The van der Waals surface area contributed by atoms with Gasteiger partial charge in [-0.25, -0.2) is 4.99 Å². The summed E-state index contributed by atoms with van der Waals surface area (Å²) in [5, 5.41) is 2.67. The molecule has 5 heteroatoms. The van der Waals surface area contributed by atoms with Gasteiger partial charge in [0.2, 0.25) is 11.8 Å². The molecule has 0 saturated carbocycles. The molecule has 0 aromatic heterocycles. The second kappa shape index (κ2) is 6.23. The summed E-state index contributed by atoms with van der Waals surface area (Å²) in [5.41, 5.74) is 2.49. The molecule has 1 aromatic rings. The Hall–Kier alpha value is -2.61. The van der Waals surface area contributed by atoms with Gasteiger partial charge in [-0.1, -0.05) is 18.6 Å². The molecular formula is C16H17N3O2. The fourth-order valence-corrected chi connectivity index (χ4v) is 2.36. The highest BCUT2D eigenvalue weighted by atomic mass is 16.2. The van der Waals surface area contributed by atoms with Crippen molar-refractivity contribution in [1.82, 2.24) is 5.32 Å². The maximum absolute atomic E-state index is 12.2. The Kier molecular flexibility index (Phi) is 4.39. The molecule has 1 heterocycles. The maximum atomic E-state index is 12.2. The predicted molar refractivity (Wildman–Crippen MR) is 82.1 cm³/mol. The molecule has 1 N–H and O–H groups in total. The number of anilines is 1. The highest BCUT2D eigenvalue weighted by Crippen LogP contribution is 2.22. The van der Waals surface area contributed by atoms with Gasteiger partial charge in [0.05, 0.1) is 5.71 Å². The fourth-order valence-electron chi connectivity index (χ4n) is 2.36. The summed E-state index contributed by atoms with van der Waals surface area (Å²) < 4.78 is 0. The van der Waals surface area contributed by atoms with Gasteiger partial charge in [0, 0.05) is 25.2 Å². The topological polar surface area (TPSA) is 61.8 Å². The third-order valence-electron chi connectivity index (χ3n) is 3.41. The summed E-state index contributed by atoms with van der Waals surface area (Å²) in [6.07, 6.45) is 5.77. The summed E-state index contributed by atoms with van der Waals surface area (Å²) in [6.45, 7) is 3.85. The number of nitrogens with zero attached hydrogens (tertiary/aromatic N) is 2. The van der Waals surface area contributed by atoms with Crippen LogP contribution in [0.2, 0.25) is 0 Å². The van der Waals surface area contributed by atoms with E-state index in [0.29, 0.717) is 13.0 Å². The first-order chi connectivity index (χ1) is 10.0. The van der Waals surface area contributed by atoms with Gasteiger partial charge < -0.3 is 10.2 Å². The molecule has 1 aromatic carbocycles. The standard InChI is InChI=1S/C16H17N3O2/c1-4-17-11(2)13-5-7-14(8-6-13)19-10-9-15(16(19)21)18-12(3)20/h1,5-8,15H,9-10H2,2-3H3,(H,18,20). The van der Waals surface area contributed by atoms with Crippen LogP contribution in [-0.4, -0.2) is 30.1 Å². The molecule has 108 valence electrons. The quantitative estimate of drug-likeness (QED) is 0.672. The monoisotopic (exact) mass is 283 g/mol. The molecule has 0 radical (unpaired) electrons. The zero-order chi connectivity index (χ0) is 15.4. The van der Waals surface area contributed by atoms with E-state index in [-0.39, 0.29) is 11.8 Å². The van der Waals surface area contributed by atoms with Crippen molar-refractivity contribution in [3.8, 4) is 12.5 Å². The van der Waals surface area contributed by atoms with Gasteiger partial charge >= 0.3 is 0 Å². The molecular weight excluding hydrogens is 266 g/mol. The summed E-state index contributed by atoms with van der Waals surface area (Å²) in [6, 6.07) is 9.30. The first-order valence-electron chi connectivity index (χ1n) is 6.71. The van der Waals surface area contributed by atoms with E-state index >= 15 is 0 Å². The van der Waals surface area contributed by atoms with E-state index < -0.39 is 6.04 Å². The van der Waals surface area contributed by atoms with Crippen molar-refractivity contribution >= 4 is 23.2 Å². The summed E-state index contributed by atoms with van der Waals surface area (Å²) in [4.78, 5) is 28.9. The molecule has 2 amide bonds. The minimum atomic E-state index is -0.424. The number of terminal acetylenes is 1. The predicted octanol–water partition coefficient (Wildman–Crippen LogP) is 1.33. The van der Waals surface area contributed by atoms with Gasteiger partial charge in [-0.3, -0.25) is 9.59 Å². The van der Waals surface area contributed by atoms with Crippen LogP contribution in [0.15, 0.2) is 29.3 Å². The normalized spacial score (nSPS) is 18.5. The highest BCUT2D eigenvalue weighted by Gasteiger charge is 2.32. The molecule has 21 heavy (non-hydrogen) atoms. The number of benzene rings is 1. The van der Waals surface area contributed by atoms with Gasteiger partial charge in [0.25, 0.3) is 0 Å². The number of amides is 2. The van der Waals surface area contributed by atoms with Gasteiger partial charge in [-0.05, 0) is 31.0 Å². The van der Waals surface area contributed by atoms with Crippen molar-refractivity contribution in [3.63, 3.8) is 0 Å². The molecule has 1 aliphatic rings. The van der Waals surface area contributed by atoms with Crippen LogP contribution in [0.25, 0.3) is 0 Å². The van der Waals surface area contributed by atoms with Crippen molar-refractivity contribution in [2.24, 2.45) is 4.99 Å². The smallest absolute Gasteiger partial charge is 0.249 e. The van der Waals surface area contributed by atoms with Gasteiger partial charge in [-0.2, -0.15) is 0 Å². The van der Waals surface area contributed by atoms with Crippen LogP contribution < -0.4 is 10.2 Å². The van der Waals surface area contributed by atoms with Gasteiger partial charge in [0.1, 0.15) is 6.04 Å². The Morgan fingerprint density at radius 3 is 2.62 bits per heavy atom. The zero-order valence-corrected chi connectivity index (χ0v) is 12.1. The minimum absolute atomic E-state index is 0.0769. The van der Waals surface area contributed by atoms with E-state index in [1.54, 1.807) is 4.90 Å². The average Bonchev–Trinajstić information content (AvgIpc) is 2.80. The second-order valence-corrected chi connectivity index (χ2v) is 4.90. The molecule has 1 fully saturated rings. The Bertz CT molecular complexity index is 626. The SMILES string of the molecule is C#CN=C(C)c1ccc(N2CCC(NC(C)=O)C2=O)cc1. The number of nitrogens with one attached hydrogen (secondary N) is 1. The van der Waals surface area contributed by atoms with Crippen LogP contribution in [-0.2, 0) is 9.59 Å². The molecule has 1 aliphatic heterocycles. The Morgan fingerprint density at radius 2 is 2.05 bits per heavy atom. The lowest BCUT2D eigenvalue weighted by Gasteiger charge is -2.17. The second-order valence-electron chi connectivity index (χ2n) is 4.90. The lowest BCUT2D eigenvalue weighted by atomic mass is 10.1. The number of rotatable bonds is 3. The van der Waals surface area contributed by atoms with Gasteiger partial charge in [0.15, 0.2) is 0 Å². The van der Waals surface area contributed by atoms with E-state index in [4.69, 9.17) is 6.42 Å². The molecule has 0 spiro atoms. The van der Waals surface area contributed by atoms with Crippen LogP contribution in [0.1, 0.15) is 25.8 Å². The van der Waals surface area contributed by atoms with Crippen LogP contribution in [0, 0.1) is 12.5 Å². The van der Waals surface area contributed by atoms with Crippen LogP contribution in [0.5, 0.6) is 0 Å². The molecule has 1 saturated heterocycles. The van der Waals surface area contributed by atoms with Crippen molar-refractivity contribution in [3.05, 3.63) is 29.8 Å². The van der Waals surface area contributed by atoms with Crippen LogP contribution in [0.4, 0.5) is 5.69 Å². The van der Waals surface area contributed by atoms with Crippen LogP contribution >= 0.6 is 0 Å². The molecule has 0 bridgehead atoms. The Morgan fingerprint density at radius 1 is 1.38 bits per heavy atom. The molecule has 2 rings (SSSR count). The molecule has 0 aliphatic carbocycles. The minimum Gasteiger partial charge on any atom is -0.344 e. The Labute approximate surface area is 124 Å². The highest BCUT2D eigenvalue weighted by molar-refractivity contribution is 6.02. The fraction of sp³-hybridized carbons (Fsp3) is 0.312. The molecule has 5 nitrogen and oxygen atoms in total. The summed E-state index contributed by atoms with van der Waals surface area (Å²) in [5.74, 6) is -0.265. The van der Waals surface area contributed by atoms with E-state index in [0.717, 1.165) is 17.0 Å². The first-order valence-corrected chi connectivity index (χ1v) is 6.71. The summed E-state index contributed by atoms with van der Waals surface area (Å²) >= 11 is 0. The third kappa shape index (κ3) is 3.29. The average molecular weight is 283 g/mol. The number of hydrogen-bond donors (Lipinski definition) is 1.